The Labute approximate surface area is 189 Å². The van der Waals surface area contributed by atoms with Crippen LogP contribution in [-0.4, -0.2) is 35.9 Å². The second-order valence-electron chi connectivity index (χ2n) is 9.21. The van der Waals surface area contributed by atoms with Crippen molar-refractivity contribution in [2.24, 2.45) is 0 Å². The Balaban J connectivity index is 1.37. The van der Waals surface area contributed by atoms with E-state index in [0.717, 1.165) is 43.2 Å². The Bertz CT molecular complexity index is 1100. The van der Waals surface area contributed by atoms with Crippen LogP contribution in [0.25, 0.3) is 10.9 Å². The summed E-state index contributed by atoms with van der Waals surface area (Å²) in [6, 6.07) is 15.1. The first-order chi connectivity index (χ1) is 15.4. The maximum atomic E-state index is 13.4. The highest BCUT2D eigenvalue weighted by molar-refractivity contribution is 5.88. The van der Waals surface area contributed by atoms with E-state index in [1.54, 1.807) is 6.08 Å². The van der Waals surface area contributed by atoms with Gasteiger partial charge < -0.3 is 10.3 Å². The Morgan fingerprint density at radius 2 is 1.84 bits per heavy atom. The number of fused-ring (bicyclic) bond motifs is 1. The van der Waals surface area contributed by atoms with Gasteiger partial charge >= 0.3 is 0 Å². The molecule has 0 bridgehead atoms. The number of rotatable bonds is 6. The van der Waals surface area contributed by atoms with Crippen LogP contribution in [-0.2, 0) is 16.8 Å². The minimum atomic E-state index is -0.211. The number of hydrogen-bond donors (Lipinski definition) is 2. The fourth-order valence-electron chi connectivity index (χ4n) is 5.03. The molecule has 4 nitrogen and oxygen atoms in total. The summed E-state index contributed by atoms with van der Waals surface area (Å²) >= 11 is 0. The number of nitrogens with zero attached hydrogens (tertiary/aromatic N) is 1. The fraction of sp³-hybridized carbons (Fsp3) is 0.370. The van der Waals surface area contributed by atoms with Gasteiger partial charge in [-0.05, 0) is 82.4 Å². The van der Waals surface area contributed by atoms with Gasteiger partial charge in [0.25, 0.3) is 0 Å². The SMILES string of the molecule is CC(Cc1c[nH]c2ccccc12)NC(=O)C=C1CCC(c2ccc(F)cc2)(N(C)C)CC1. The normalized spacial score (nSPS) is 19.8. The predicted molar refractivity (Wildman–Crippen MR) is 128 cm³/mol. The van der Waals surface area contributed by atoms with Gasteiger partial charge in [-0.3, -0.25) is 9.69 Å². The van der Waals surface area contributed by atoms with Crippen LogP contribution in [0.15, 0.2) is 66.4 Å². The molecule has 4 rings (SSSR count). The standard InChI is InChI=1S/C27H32FN3O/c1-19(16-21-18-29-25-7-5-4-6-24(21)25)30-26(32)17-20-12-14-27(15-13-20,31(2)3)22-8-10-23(28)11-9-22/h4-11,17-19,29H,12-16H2,1-3H3,(H,30,32). The Morgan fingerprint density at radius 1 is 1.16 bits per heavy atom. The van der Waals surface area contributed by atoms with Gasteiger partial charge in [0.05, 0.1) is 0 Å². The quantitative estimate of drug-likeness (QED) is 0.518. The van der Waals surface area contributed by atoms with Crippen molar-refractivity contribution in [3.63, 3.8) is 0 Å². The zero-order chi connectivity index (χ0) is 22.7. The van der Waals surface area contributed by atoms with Crippen LogP contribution in [0.5, 0.6) is 0 Å². The van der Waals surface area contributed by atoms with E-state index in [-0.39, 0.29) is 23.3 Å². The average Bonchev–Trinajstić information content (AvgIpc) is 3.17. The van der Waals surface area contributed by atoms with E-state index in [0.29, 0.717) is 0 Å². The Morgan fingerprint density at radius 3 is 2.53 bits per heavy atom. The maximum Gasteiger partial charge on any atom is 0.244 e. The molecule has 1 atom stereocenters. The smallest absolute Gasteiger partial charge is 0.244 e. The van der Waals surface area contributed by atoms with Crippen molar-refractivity contribution >= 4 is 16.8 Å². The molecule has 1 unspecified atom stereocenters. The number of allylic oxidation sites excluding steroid dienone is 1. The molecule has 0 saturated heterocycles. The van der Waals surface area contributed by atoms with Crippen LogP contribution in [0.2, 0.25) is 0 Å². The molecule has 32 heavy (non-hydrogen) atoms. The molecule has 1 fully saturated rings. The lowest BCUT2D eigenvalue weighted by atomic mass is 9.74. The molecule has 1 heterocycles. The molecule has 3 aromatic rings. The van der Waals surface area contributed by atoms with Crippen molar-refractivity contribution in [1.82, 2.24) is 15.2 Å². The van der Waals surface area contributed by atoms with Crippen LogP contribution in [0.3, 0.4) is 0 Å². The van der Waals surface area contributed by atoms with Crippen molar-refractivity contribution in [2.75, 3.05) is 14.1 Å². The van der Waals surface area contributed by atoms with Gasteiger partial charge in [-0.1, -0.05) is 35.9 Å². The zero-order valence-electron chi connectivity index (χ0n) is 19.1. The lowest BCUT2D eigenvalue weighted by Crippen LogP contribution is -2.43. The third-order valence-corrected chi connectivity index (χ3v) is 6.88. The van der Waals surface area contributed by atoms with Crippen molar-refractivity contribution < 1.29 is 9.18 Å². The number of carbonyl (C=O) groups excluding carboxylic acids is 1. The summed E-state index contributed by atoms with van der Waals surface area (Å²) in [4.78, 5) is 18.2. The van der Waals surface area contributed by atoms with Crippen LogP contribution in [0.4, 0.5) is 4.39 Å². The largest absolute Gasteiger partial charge is 0.361 e. The Hall–Kier alpha value is -2.92. The fourth-order valence-corrected chi connectivity index (χ4v) is 5.03. The van der Waals surface area contributed by atoms with E-state index in [1.165, 1.54) is 28.7 Å². The van der Waals surface area contributed by atoms with E-state index in [1.807, 2.05) is 37.4 Å². The lowest BCUT2D eigenvalue weighted by Gasteiger charge is -2.44. The number of hydrogen-bond acceptors (Lipinski definition) is 2. The summed E-state index contributed by atoms with van der Waals surface area (Å²) < 4.78 is 13.4. The van der Waals surface area contributed by atoms with Crippen LogP contribution in [0, 0.1) is 5.82 Å². The summed E-state index contributed by atoms with van der Waals surface area (Å²) in [5.74, 6) is -0.232. The molecule has 1 aliphatic carbocycles. The Kier molecular flexibility index (Phi) is 6.47. The maximum absolute atomic E-state index is 13.4. The molecule has 0 radical (unpaired) electrons. The van der Waals surface area contributed by atoms with E-state index in [4.69, 9.17) is 0 Å². The molecule has 1 saturated carbocycles. The third-order valence-electron chi connectivity index (χ3n) is 6.88. The molecule has 0 spiro atoms. The number of amides is 1. The summed E-state index contributed by atoms with van der Waals surface area (Å²) in [5.41, 5.74) is 4.54. The molecule has 168 valence electrons. The zero-order valence-corrected chi connectivity index (χ0v) is 19.1. The molecular formula is C27H32FN3O. The van der Waals surface area contributed by atoms with Gasteiger partial charge in [0.15, 0.2) is 0 Å². The van der Waals surface area contributed by atoms with Gasteiger partial charge in [-0.2, -0.15) is 0 Å². The van der Waals surface area contributed by atoms with Gasteiger partial charge in [-0.25, -0.2) is 4.39 Å². The molecule has 1 aliphatic rings. The summed E-state index contributed by atoms with van der Waals surface area (Å²) in [7, 11) is 4.16. The monoisotopic (exact) mass is 433 g/mol. The number of carbonyl (C=O) groups is 1. The second kappa shape index (κ2) is 9.29. The average molecular weight is 434 g/mol. The first-order valence-corrected chi connectivity index (χ1v) is 11.4. The van der Waals surface area contributed by atoms with Crippen LogP contribution in [0.1, 0.15) is 43.7 Å². The third kappa shape index (κ3) is 4.63. The summed E-state index contributed by atoms with van der Waals surface area (Å²) in [5, 5.41) is 4.34. The molecule has 2 aromatic carbocycles. The van der Waals surface area contributed by atoms with Gasteiger partial charge in [0, 0.05) is 34.8 Å². The van der Waals surface area contributed by atoms with Crippen molar-refractivity contribution in [3.05, 3.63) is 83.3 Å². The van der Waals surface area contributed by atoms with Gasteiger partial charge in [0.2, 0.25) is 5.91 Å². The number of nitrogens with one attached hydrogen (secondary N) is 2. The molecule has 5 heteroatoms. The number of aromatic amines is 1. The molecule has 1 amide bonds. The van der Waals surface area contributed by atoms with Crippen LogP contribution < -0.4 is 5.32 Å². The first-order valence-electron chi connectivity index (χ1n) is 11.4. The minimum absolute atomic E-state index is 0.0218. The van der Waals surface area contributed by atoms with Crippen molar-refractivity contribution in [2.45, 2.75) is 50.6 Å². The van der Waals surface area contributed by atoms with Gasteiger partial charge in [-0.15, -0.1) is 0 Å². The van der Waals surface area contributed by atoms with E-state index >= 15 is 0 Å². The predicted octanol–water partition coefficient (Wildman–Crippen LogP) is 5.31. The highest BCUT2D eigenvalue weighted by Crippen LogP contribution is 2.42. The summed E-state index contributed by atoms with van der Waals surface area (Å²) in [6.07, 6.45) is 8.15. The number of halogens is 1. The highest BCUT2D eigenvalue weighted by atomic mass is 19.1. The number of aromatic nitrogens is 1. The lowest BCUT2D eigenvalue weighted by molar-refractivity contribution is -0.117. The number of H-pyrrole nitrogens is 1. The molecule has 1 aromatic heterocycles. The van der Waals surface area contributed by atoms with E-state index in [2.05, 4.69) is 41.4 Å². The van der Waals surface area contributed by atoms with Crippen molar-refractivity contribution in [3.8, 4) is 0 Å². The summed E-state index contributed by atoms with van der Waals surface area (Å²) in [6.45, 7) is 2.05. The molecule has 2 N–H and O–H groups in total. The van der Waals surface area contributed by atoms with Gasteiger partial charge in [0.1, 0.15) is 5.82 Å². The minimum Gasteiger partial charge on any atom is -0.361 e. The molecule has 0 aliphatic heterocycles. The topological polar surface area (TPSA) is 48.1 Å². The van der Waals surface area contributed by atoms with Crippen molar-refractivity contribution in [1.29, 1.82) is 0 Å². The first kappa shape index (κ1) is 22.3. The molecular weight excluding hydrogens is 401 g/mol. The highest BCUT2D eigenvalue weighted by Gasteiger charge is 2.37. The van der Waals surface area contributed by atoms with E-state index in [9.17, 15) is 9.18 Å². The number of para-hydroxylation sites is 1. The van der Waals surface area contributed by atoms with E-state index < -0.39 is 0 Å². The number of benzene rings is 2. The second-order valence-corrected chi connectivity index (χ2v) is 9.21. The van der Waals surface area contributed by atoms with Crippen LogP contribution >= 0.6 is 0 Å².